The van der Waals surface area contributed by atoms with Gasteiger partial charge >= 0.3 is 0 Å². The lowest BCUT2D eigenvalue weighted by Gasteiger charge is -2.20. The van der Waals surface area contributed by atoms with Crippen LogP contribution in [0.5, 0.6) is 0 Å². The third-order valence-electron chi connectivity index (χ3n) is 4.32. The van der Waals surface area contributed by atoms with Crippen LogP contribution in [0.1, 0.15) is 56.3 Å². The van der Waals surface area contributed by atoms with Crippen molar-refractivity contribution in [2.75, 3.05) is 0 Å². The molecule has 2 atom stereocenters. The van der Waals surface area contributed by atoms with Crippen molar-refractivity contribution in [2.24, 2.45) is 5.73 Å². The Bertz CT molecular complexity index is 576. The van der Waals surface area contributed by atoms with Crippen LogP contribution in [0.4, 0.5) is 0 Å². The van der Waals surface area contributed by atoms with E-state index in [0.717, 1.165) is 31.0 Å². The molecule has 1 fully saturated rings. The Morgan fingerprint density at radius 3 is 2.60 bits per heavy atom. The summed E-state index contributed by atoms with van der Waals surface area (Å²) in [5.41, 5.74) is 6.90. The number of aromatic nitrogens is 2. The molecule has 106 valence electrons. The summed E-state index contributed by atoms with van der Waals surface area (Å²) in [4.78, 5) is 4.64. The van der Waals surface area contributed by atoms with E-state index in [-0.39, 0.29) is 11.5 Å². The maximum Gasteiger partial charge on any atom is 0.229 e. The van der Waals surface area contributed by atoms with Gasteiger partial charge in [-0.3, -0.25) is 0 Å². The first kappa shape index (κ1) is 13.3. The number of nitrogens with zero attached hydrogens (tertiary/aromatic N) is 2. The van der Waals surface area contributed by atoms with Gasteiger partial charge in [-0.1, -0.05) is 35.5 Å². The van der Waals surface area contributed by atoms with Gasteiger partial charge in [-0.25, -0.2) is 0 Å². The summed E-state index contributed by atoms with van der Waals surface area (Å²) < 4.78 is 5.49. The zero-order valence-corrected chi connectivity index (χ0v) is 12.0. The monoisotopic (exact) mass is 271 g/mol. The third kappa shape index (κ3) is 2.36. The smallest absolute Gasteiger partial charge is 0.229 e. The molecule has 1 saturated carbocycles. The second-order valence-electron chi connectivity index (χ2n) is 6.22. The molecule has 1 aliphatic rings. The largest absolute Gasteiger partial charge is 0.339 e. The molecular formula is C16H21N3O. The zero-order chi connectivity index (χ0) is 14.2. The van der Waals surface area contributed by atoms with Gasteiger partial charge in [0.1, 0.15) is 0 Å². The summed E-state index contributed by atoms with van der Waals surface area (Å²) in [7, 11) is 0. The fourth-order valence-corrected chi connectivity index (χ4v) is 2.88. The van der Waals surface area contributed by atoms with Crippen LogP contribution >= 0.6 is 0 Å². The molecule has 0 spiro atoms. The van der Waals surface area contributed by atoms with Gasteiger partial charge in [0.15, 0.2) is 5.82 Å². The molecule has 20 heavy (non-hydrogen) atoms. The van der Waals surface area contributed by atoms with Gasteiger partial charge in [-0.2, -0.15) is 4.98 Å². The molecule has 1 heterocycles. The molecular weight excluding hydrogens is 250 g/mol. The van der Waals surface area contributed by atoms with E-state index >= 15 is 0 Å². The van der Waals surface area contributed by atoms with Gasteiger partial charge in [0, 0.05) is 12.0 Å². The van der Waals surface area contributed by atoms with Crippen LogP contribution in [0.2, 0.25) is 0 Å². The van der Waals surface area contributed by atoms with Crippen molar-refractivity contribution in [3.63, 3.8) is 0 Å². The summed E-state index contributed by atoms with van der Waals surface area (Å²) in [5.74, 6) is 1.83. The first-order valence-corrected chi connectivity index (χ1v) is 7.22. The molecule has 1 aromatic heterocycles. The van der Waals surface area contributed by atoms with E-state index in [4.69, 9.17) is 10.3 Å². The van der Waals surface area contributed by atoms with Crippen LogP contribution < -0.4 is 5.73 Å². The average Bonchev–Trinajstić information content (AvgIpc) is 3.08. The molecule has 0 saturated heterocycles. The summed E-state index contributed by atoms with van der Waals surface area (Å²) in [6.45, 7) is 4.24. The fraction of sp³-hybridized carbons (Fsp3) is 0.500. The minimum atomic E-state index is -0.246. The maximum atomic E-state index is 5.96. The predicted molar refractivity (Wildman–Crippen MR) is 77.4 cm³/mol. The molecule has 0 radical (unpaired) electrons. The highest BCUT2D eigenvalue weighted by atomic mass is 16.5. The normalized spacial score (nSPS) is 23.1. The van der Waals surface area contributed by atoms with Crippen molar-refractivity contribution in [3.8, 4) is 0 Å². The molecule has 3 rings (SSSR count). The van der Waals surface area contributed by atoms with Crippen molar-refractivity contribution in [1.29, 1.82) is 0 Å². The van der Waals surface area contributed by atoms with Crippen LogP contribution in [0.3, 0.4) is 0 Å². The van der Waals surface area contributed by atoms with Crippen LogP contribution in [-0.4, -0.2) is 16.2 Å². The molecule has 0 bridgehead atoms. The maximum absolute atomic E-state index is 5.96. The SMILES string of the molecule is CC(C)(c1ccccc1)c1noc([C@@H]2CC[C@H](N)C2)n1. The summed E-state index contributed by atoms with van der Waals surface area (Å²) >= 11 is 0. The van der Waals surface area contributed by atoms with E-state index < -0.39 is 0 Å². The molecule has 4 heteroatoms. The van der Waals surface area contributed by atoms with E-state index in [1.54, 1.807) is 0 Å². The van der Waals surface area contributed by atoms with Crippen molar-refractivity contribution < 1.29 is 4.52 Å². The first-order valence-electron chi connectivity index (χ1n) is 7.22. The lowest BCUT2D eigenvalue weighted by Crippen LogP contribution is -2.20. The fourth-order valence-electron chi connectivity index (χ4n) is 2.88. The number of rotatable bonds is 3. The number of hydrogen-bond acceptors (Lipinski definition) is 4. The lowest BCUT2D eigenvalue weighted by molar-refractivity contribution is 0.344. The van der Waals surface area contributed by atoms with Crippen molar-refractivity contribution in [1.82, 2.24) is 10.1 Å². The minimum absolute atomic E-state index is 0.246. The summed E-state index contributed by atoms with van der Waals surface area (Å²) in [6, 6.07) is 10.6. The standard InChI is InChI=1S/C16H21N3O/c1-16(2,12-6-4-3-5-7-12)15-18-14(20-19-15)11-8-9-13(17)10-11/h3-7,11,13H,8-10,17H2,1-2H3/t11-,13+/m1/s1. The second-order valence-corrected chi connectivity index (χ2v) is 6.22. The van der Waals surface area contributed by atoms with Crippen molar-refractivity contribution >= 4 is 0 Å². The zero-order valence-electron chi connectivity index (χ0n) is 12.0. The Hall–Kier alpha value is -1.68. The molecule has 2 N–H and O–H groups in total. The average molecular weight is 271 g/mol. The number of benzene rings is 1. The lowest BCUT2D eigenvalue weighted by atomic mass is 9.84. The summed E-state index contributed by atoms with van der Waals surface area (Å²) in [6.07, 6.45) is 3.05. The highest BCUT2D eigenvalue weighted by molar-refractivity contribution is 5.30. The third-order valence-corrected chi connectivity index (χ3v) is 4.32. The molecule has 4 nitrogen and oxygen atoms in total. The molecule has 0 amide bonds. The highest BCUT2D eigenvalue weighted by Crippen LogP contribution is 2.35. The van der Waals surface area contributed by atoms with E-state index in [9.17, 15) is 0 Å². The van der Waals surface area contributed by atoms with E-state index in [0.29, 0.717) is 5.92 Å². The van der Waals surface area contributed by atoms with E-state index in [1.807, 2.05) is 18.2 Å². The van der Waals surface area contributed by atoms with Crippen molar-refractivity contribution in [2.45, 2.75) is 50.5 Å². The molecule has 2 aromatic rings. The minimum Gasteiger partial charge on any atom is -0.339 e. The topological polar surface area (TPSA) is 64.9 Å². The Morgan fingerprint density at radius 1 is 1.20 bits per heavy atom. The van der Waals surface area contributed by atoms with Gasteiger partial charge in [-0.15, -0.1) is 0 Å². The van der Waals surface area contributed by atoms with Crippen LogP contribution in [-0.2, 0) is 5.41 Å². The van der Waals surface area contributed by atoms with Gasteiger partial charge in [0.05, 0.1) is 5.41 Å². The Kier molecular flexibility index (Phi) is 3.34. The molecule has 0 unspecified atom stereocenters. The van der Waals surface area contributed by atoms with E-state index in [2.05, 4.69) is 36.1 Å². The van der Waals surface area contributed by atoms with Crippen LogP contribution in [0.15, 0.2) is 34.9 Å². The second kappa shape index (κ2) is 5.02. The van der Waals surface area contributed by atoms with Crippen LogP contribution in [0.25, 0.3) is 0 Å². The van der Waals surface area contributed by atoms with Crippen LogP contribution in [0, 0.1) is 0 Å². The molecule has 1 aromatic carbocycles. The molecule has 1 aliphatic carbocycles. The summed E-state index contributed by atoms with van der Waals surface area (Å²) in [5, 5.41) is 4.21. The Labute approximate surface area is 119 Å². The molecule has 0 aliphatic heterocycles. The van der Waals surface area contributed by atoms with E-state index in [1.165, 1.54) is 5.56 Å². The van der Waals surface area contributed by atoms with Gasteiger partial charge in [-0.05, 0) is 38.7 Å². The quantitative estimate of drug-likeness (QED) is 0.932. The predicted octanol–water partition coefficient (Wildman–Crippen LogP) is 2.99. The highest BCUT2D eigenvalue weighted by Gasteiger charge is 2.32. The number of hydrogen-bond donors (Lipinski definition) is 1. The number of nitrogens with two attached hydrogens (primary N) is 1. The van der Waals surface area contributed by atoms with Gasteiger partial charge in [0.2, 0.25) is 5.89 Å². The van der Waals surface area contributed by atoms with Gasteiger partial charge < -0.3 is 10.3 Å². The van der Waals surface area contributed by atoms with Gasteiger partial charge in [0.25, 0.3) is 0 Å². The Morgan fingerprint density at radius 2 is 1.95 bits per heavy atom. The van der Waals surface area contributed by atoms with Crippen molar-refractivity contribution in [3.05, 3.63) is 47.6 Å². The Balaban J connectivity index is 1.86. The first-order chi connectivity index (χ1) is 9.57.